The summed E-state index contributed by atoms with van der Waals surface area (Å²) in [6.45, 7) is 5.54. The number of imidazole rings is 1. The maximum absolute atomic E-state index is 13.1. The first kappa shape index (κ1) is 18.3. The molecule has 140 valence electrons. The number of carbonyl (C=O) groups is 1. The Morgan fingerprint density at radius 2 is 2.08 bits per heavy atom. The van der Waals surface area contributed by atoms with E-state index in [0.717, 1.165) is 11.4 Å². The molecule has 9 heteroatoms. The highest BCUT2D eigenvalue weighted by Crippen LogP contribution is 2.29. The molecule has 2 aliphatic rings. The predicted octanol–water partition coefficient (Wildman–Crippen LogP) is -0.387. The van der Waals surface area contributed by atoms with Crippen LogP contribution in [-0.4, -0.2) is 84.6 Å². The fraction of sp³-hybridized carbons (Fsp3) is 0.750. The summed E-state index contributed by atoms with van der Waals surface area (Å²) in [5.74, 6) is 0.0329. The van der Waals surface area contributed by atoms with Gasteiger partial charge in [-0.15, -0.1) is 0 Å². The number of aromatic nitrogens is 2. The first-order valence-corrected chi connectivity index (χ1v) is 10.5. The van der Waals surface area contributed by atoms with Gasteiger partial charge in [-0.2, -0.15) is 0 Å². The Morgan fingerprint density at radius 1 is 1.36 bits per heavy atom. The second kappa shape index (κ2) is 7.43. The van der Waals surface area contributed by atoms with Crippen LogP contribution in [0.3, 0.4) is 0 Å². The van der Waals surface area contributed by atoms with E-state index >= 15 is 0 Å². The van der Waals surface area contributed by atoms with E-state index in [9.17, 15) is 13.2 Å². The zero-order valence-corrected chi connectivity index (χ0v) is 15.7. The molecule has 3 heterocycles. The zero-order valence-electron chi connectivity index (χ0n) is 14.8. The van der Waals surface area contributed by atoms with Crippen molar-refractivity contribution in [2.24, 2.45) is 7.05 Å². The Kier molecular flexibility index (Phi) is 5.45. The van der Waals surface area contributed by atoms with Gasteiger partial charge in [-0.1, -0.05) is 6.92 Å². The van der Waals surface area contributed by atoms with E-state index in [1.54, 1.807) is 13.3 Å². The molecular formula is C16H26N4O4S. The first-order chi connectivity index (χ1) is 11.9. The summed E-state index contributed by atoms with van der Waals surface area (Å²) < 4.78 is 30.9. The standard InChI is InChI=1S/C16H26N4O4S/c1-3-25(22,23)9-6-19-10-13(15-14(11-19)17-12-18(15)2)16(21)20-4-7-24-8-5-20/h12-13H,3-11H2,1-2H3. The number of hydrogen-bond donors (Lipinski definition) is 0. The van der Waals surface area contributed by atoms with Crippen molar-refractivity contribution in [2.45, 2.75) is 19.4 Å². The molecular weight excluding hydrogens is 344 g/mol. The van der Waals surface area contributed by atoms with Crippen LogP contribution in [0.4, 0.5) is 0 Å². The van der Waals surface area contributed by atoms with E-state index in [-0.39, 0.29) is 23.3 Å². The quantitative estimate of drug-likeness (QED) is 0.702. The average molecular weight is 370 g/mol. The number of hydrogen-bond acceptors (Lipinski definition) is 6. The van der Waals surface area contributed by atoms with Crippen LogP contribution in [0.25, 0.3) is 0 Å². The second-order valence-corrected chi connectivity index (χ2v) is 9.12. The number of ether oxygens (including phenoxy) is 1. The van der Waals surface area contributed by atoms with Crippen molar-refractivity contribution in [3.05, 3.63) is 17.7 Å². The van der Waals surface area contributed by atoms with Gasteiger partial charge in [0.2, 0.25) is 5.91 Å². The van der Waals surface area contributed by atoms with Crippen molar-refractivity contribution in [2.75, 3.05) is 50.9 Å². The fourth-order valence-corrected chi connectivity index (χ4v) is 4.29. The van der Waals surface area contributed by atoms with Gasteiger partial charge in [0.1, 0.15) is 0 Å². The minimum Gasteiger partial charge on any atom is -0.378 e. The predicted molar refractivity (Wildman–Crippen MR) is 93.0 cm³/mol. The van der Waals surface area contributed by atoms with Gasteiger partial charge in [-0.05, 0) is 0 Å². The van der Waals surface area contributed by atoms with E-state index < -0.39 is 9.84 Å². The van der Waals surface area contributed by atoms with Crippen molar-refractivity contribution in [1.82, 2.24) is 19.4 Å². The minimum atomic E-state index is -3.03. The summed E-state index contributed by atoms with van der Waals surface area (Å²) in [5.41, 5.74) is 1.82. The molecule has 1 aromatic rings. The molecule has 2 aliphatic heterocycles. The SMILES string of the molecule is CCS(=O)(=O)CCN1Cc2ncn(C)c2C(C(=O)N2CCOCC2)C1. The molecule has 1 amide bonds. The summed E-state index contributed by atoms with van der Waals surface area (Å²) in [6, 6.07) is 0. The highest BCUT2D eigenvalue weighted by atomic mass is 32.2. The van der Waals surface area contributed by atoms with Crippen molar-refractivity contribution < 1.29 is 17.9 Å². The van der Waals surface area contributed by atoms with Crippen LogP contribution in [0.1, 0.15) is 24.2 Å². The number of carbonyl (C=O) groups excluding carboxylic acids is 1. The lowest BCUT2D eigenvalue weighted by Crippen LogP contribution is -2.48. The molecule has 0 aliphatic carbocycles. The average Bonchev–Trinajstić information content (AvgIpc) is 3.00. The molecule has 3 rings (SSSR count). The smallest absolute Gasteiger partial charge is 0.233 e. The molecule has 1 unspecified atom stereocenters. The molecule has 0 N–H and O–H groups in total. The second-order valence-electron chi connectivity index (χ2n) is 6.65. The number of rotatable bonds is 5. The topological polar surface area (TPSA) is 84.7 Å². The molecule has 25 heavy (non-hydrogen) atoms. The Morgan fingerprint density at radius 3 is 2.76 bits per heavy atom. The van der Waals surface area contributed by atoms with Crippen molar-refractivity contribution in [3.63, 3.8) is 0 Å². The monoisotopic (exact) mass is 370 g/mol. The third-order valence-corrected chi connectivity index (χ3v) is 6.67. The Labute approximate surface area is 148 Å². The Bertz CT molecular complexity index is 724. The van der Waals surface area contributed by atoms with Gasteiger partial charge in [0.25, 0.3) is 0 Å². The summed E-state index contributed by atoms with van der Waals surface area (Å²) in [5, 5.41) is 0. The maximum atomic E-state index is 13.1. The molecule has 1 atom stereocenters. The number of nitrogens with zero attached hydrogens (tertiary/aromatic N) is 4. The van der Waals surface area contributed by atoms with E-state index in [0.29, 0.717) is 45.9 Å². The molecule has 0 bridgehead atoms. The third kappa shape index (κ3) is 4.04. The van der Waals surface area contributed by atoms with Crippen LogP contribution in [0.5, 0.6) is 0 Å². The lowest BCUT2D eigenvalue weighted by molar-refractivity contribution is -0.137. The van der Waals surface area contributed by atoms with Crippen LogP contribution in [0, 0.1) is 0 Å². The van der Waals surface area contributed by atoms with E-state index in [1.165, 1.54) is 0 Å². The van der Waals surface area contributed by atoms with Crippen molar-refractivity contribution >= 4 is 15.7 Å². The first-order valence-electron chi connectivity index (χ1n) is 8.70. The van der Waals surface area contributed by atoms with Crippen LogP contribution in [-0.2, 0) is 33.0 Å². The molecule has 0 saturated carbocycles. The maximum Gasteiger partial charge on any atom is 0.233 e. The largest absolute Gasteiger partial charge is 0.378 e. The Balaban J connectivity index is 1.78. The summed E-state index contributed by atoms with van der Waals surface area (Å²) in [6.07, 6.45) is 1.73. The van der Waals surface area contributed by atoms with Gasteiger partial charge >= 0.3 is 0 Å². The fourth-order valence-electron chi connectivity index (χ4n) is 3.46. The molecule has 1 saturated heterocycles. The van der Waals surface area contributed by atoms with Crippen molar-refractivity contribution in [1.29, 1.82) is 0 Å². The number of sulfone groups is 1. The van der Waals surface area contributed by atoms with Gasteiger partial charge in [-0.3, -0.25) is 9.69 Å². The third-order valence-electron chi connectivity index (χ3n) is 4.99. The van der Waals surface area contributed by atoms with Crippen molar-refractivity contribution in [3.8, 4) is 0 Å². The van der Waals surface area contributed by atoms with E-state index in [2.05, 4.69) is 4.98 Å². The van der Waals surface area contributed by atoms with Crippen LogP contribution < -0.4 is 0 Å². The lowest BCUT2D eigenvalue weighted by atomic mass is 9.96. The molecule has 1 aromatic heterocycles. The number of morpholine rings is 1. The molecule has 0 radical (unpaired) electrons. The normalized spacial score (nSPS) is 22.0. The highest BCUT2D eigenvalue weighted by molar-refractivity contribution is 7.91. The van der Waals surface area contributed by atoms with Gasteiger partial charge < -0.3 is 14.2 Å². The van der Waals surface area contributed by atoms with Crippen LogP contribution in [0.15, 0.2) is 6.33 Å². The van der Waals surface area contributed by atoms with Crippen LogP contribution >= 0.6 is 0 Å². The Hall–Kier alpha value is -1.45. The highest BCUT2D eigenvalue weighted by Gasteiger charge is 2.36. The lowest BCUT2D eigenvalue weighted by Gasteiger charge is -2.36. The molecule has 8 nitrogen and oxygen atoms in total. The minimum absolute atomic E-state index is 0.0798. The summed E-state index contributed by atoms with van der Waals surface area (Å²) in [4.78, 5) is 21.4. The summed E-state index contributed by atoms with van der Waals surface area (Å²) in [7, 11) is -1.12. The number of amides is 1. The van der Waals surface area contributed by atoms with Gasteiger partial charge in [0.05, 0.1) is 42.6 Å². The van der Waals surface area contributed by atoms with E-state index in [1.807, 2.05) is 21.4 Å². The zero-order chi connectivity index (χ0) is 18.0. The van der Waals surface area contributed by atoms with Crippen LogP contribution in [0.2, 0.25) is 0 Å². The molecule has 1 fully saturated rings. The van der Waals surface area contributed by atoms with Gasteiger partial charge in [0.15, 0.2) is 9.84 Å². The molecule has 0 spiro atoms. The summed E-state index contributed by atoms with van der Waals surface area (Å²) >= 11 is 0. The van der Waals surface area contributed by atoms with Gasteiger partial charge in [0, 0.05) is 45.5 Å². The molecule has 0 aromatic carbocycles. The number of fused-ring (bicyclic) bond motifs is 1. The van der Waals surface area contributed by atoms with E-state index in [4.69, 9.17) is 4.74 Å². The van der Waals surface area contributed by atoms with Gasteiger partial charge in [-0.25, -0.2) is 13.4 Å². The number of aryl methyl sites for hydroxylation is 1.